The van der Waals surface area contributed by atoms with E-state index in [-0.39, 0.29) is 30.5 Å². The number of hydrogen-bond acceptors (Lipinski definition) is 8. The number of aliphatic hydroxyl groups is 1. The fourth-order valence-corrected chi connectivity index (χ4v) is 4.08. The van der Waals surface area contributed by atoms with Gasteiger partial charge in [-0.05, 0) is 43.5 Å². The van der Waals surface area contributed by atoms with Gasteiger partial charge in [-0.25, -0.2) is 4.39 Å². The van der Waals surface area contributed by atoms with E-state index in [4.69, 9.17) is 19.2 Å². The van der Waals surface area contributed by atoms with Gasteiger partial charge < -0.3 is 34.2 Å². The number of rotatable bonds is 8. The third-order valence-electron chi connectivity index (χ3n) is 5.62. The Balaban J connectivity index is 0.00000129. The molecule has 2 heterocycles. The molecule has 0 radical (unpaired) electrons. The minimum absolute atomic E-state index is 0.0678. The van der Waals surface area contributed by atoms with Gasteiger partial charge in [-0.2, -0.15) is 0 Å². The van der Waals surface area contributed by atoms with Gasteiger partial charge in [0.25, 0.3) is 12.4 Å². The van der Waals surface area contributed by atoms with Crippen molar-refractivity contribution in [3.63, 3.8) is 0 Å². The molecule has 0 saturated carbocycles. The van der Waals surface area contributed by atoms with Crippen LogP contribution in [-0.4, -0.2) is 98.6 Å². The number of carboxylic acid groups (broad SMARTS) is 1. The zero-order valence-electron chi connectivity index (χ0n) is 20.0. The highest BCUT2D eigenvalue weighted by atomic mass is 19.1. The summed E-state index contributed by atoms with van der Waals surface area (Å²) < 4.78 is 24.5. The van der Waals surface area contributed by atoms with Gasteiger partial charge in [0, 0.05) is 46.3 Å². The molecule has 0 spiro atoms. The number of halogens is 1. The quantitative estimate of drug-likeness (QED) is 0.547. The van der Waals surface area contributed by atoms with Crippen molar-refractivity contribution >= 4 is 18.2 Å². The van der Waals surface area contributed by atoms with E-state index in [1.807, 2.05) is 0 Å². The number of aromatic nitrogens is 1. The number of methoxy groups -OCH3 is 1. The molecule has 1 atom stereocenters. The molecule has 3 rings (SSSR count). The molecule has 1 aromatic carbocycles. The van der Waals surface area contributed by atoms with Crippen molar-refractivity contribution in [2.24, 2.45) is 5.92 Å². The van der Waals surface area contributed by atoms with E-state index < -0.39 is 5.82 Å². The molecular formula is C23H33FN4O6. The fraction of sp³-hybridized carbons (Fsp3) is 0.522. The second kappa shape index (κ2) is 12.9. The zero-order chi connectivity index (χ0) is 25.3. The standard InChI is InChI=1S/C22H31FN4O4.CH2O2/c1-25(2)21-19(20(31-24-21)16-7-8-17(23)18(12-16)30-4)22(29)26(3)13-15-6-5-9-27(14-15)10-11-28;2-1-3/h7-8,12,15,28H,5-6,9-11,13-14H2,1-4H3;1H,(H,2,3). The monoisotopic (exact) mass is 480 g/mol. The molecular weight excluding hydrogens is 447 g/mol. The molecule has 188 valence electrons. The van der Waals surface area contributed by atoms with Crippen LogP contribution in [0.1, 0.15) is 23.2 Å². The summed E-state index contributed by atoms with van der Waals surface area (Å²) in [4.78, 5) is 27.5. The highest BCUT2D eigenvalue weighted by Gasteiger charge is 2.30. The Morgan fingerprint density at radius 1 is 1.38 bits per heavy atom. The molecule has 0 bridgehead atoms. The smallest absolute Gasteiger partial charge is 0.290 e. The lowest BCUT2D eigenvalue weighted by Crippen LogP contribution is -2.42. The Hall–Kier alpha value is -3.18. The number of amides is 1. The number of benzene rings is 1. The van der Waals surface area contributed by atoms with Crippen molar-refractivity contribution in [3.8, 4) is 17.1 Å². The first kappa shape index (κ1) is 27.1. The van der Waals surface area contributed by atoms with Crippen molar-refractivity contribution in [1.82, 2.24) is 15.0 Å². The molecule has 2 aromatic rings. The number of ether oxygens (including phenoxy) is 1. The summed E-state index contributed by atoms with van der Waals surface area (Å²) in [6, 6.07) is 4.32. The maximum Gasteiger partial charge on any atom is 0.290 e. The van der Waals surface area contributed by atoms with Crippen molar-refractivity contribution in [2.45, 2.75) is 12.8 Å². The SMILES string of the molecule is COc1cc(-c2onc(N(C)C)c2C(=O)N(C)CC2CCCN(CCO)C2)ccc1F.O=CO. The van der Waals surface area contributed by atoms with Crippen LogP contribution in [0.3, 0.4) is 0 Å². The molecule has 1 aromatic heterocycles. The Bertz CT molecular complexity index is 950. The Kier molecular flexibility index (Phi) is 10.3. The van der Waals surface area contributed by atoms with E-state index in [2.05, 4.69) is 10.1 Å². The summed E-state index contributed by atoms with van der Waals surface area (Å²) in [7, 11) is 6.74. The second-order valence-electron chi connectivity index (χ2n) is 8.28. The Morgan fingerprint density at radius 2 is 2.09 bits per heavy atom. The second-order valence-corrected chi connectivity index (χ2v) is 8.28. The molecule has 1 aliphatic heterocycles. The molecule has 1 fully saturated rings. The van der Waals surface area contributed by atoms with Crippen molar-refractivity contribution in [2.75, 3.05) is 65.9 Å². The normalized spacial score (nSPS) is 15.8. The van der Waals surface area contributed by atoms with Gasteiger partial charge in [-0.1, -0.05) is 5.16 Å². The Morgan fingerprint density at radius 3 is 2.71 bits per heavy atom. The van der Waals surface area contributed by atoms with E-state index in [1.165, 1.54) is 19.2 Å². The summed E-state index contributed by atoms with van der Waals surface area (Å²) in [6.07, 6.45) is 2.08. The van der Waals surface area contributed by atoms with E-state index in [0.29, 0.717) is 36.0 Å². The number of carbonyl (C=O) groups is 2. The molecule has 11 heteroatoms. The number of β-amino-alcohol motifs (C(OH)–C–C–N with tert-alkyl or cyclic N) is 1. The maximum atomic E-state index is 13.9. The van der Waals surface area contributed by atoms with Crippen molar-refractivity contribution in [3.05, 3.63) is 29.6 Å². The highest BCUT2D eigenvalue weighted by Crippen LogP contribution is 2.34. The maximum absolute atomic E-state index is 13.9. The summed E-state index contributed by atoms with van der Waals surface area (Å²) in [5.41, 5.74) is 0.853. The molecule has 34 heavy (non-hydrogen) atoms. The first-order valence-corrected chi connectivity index (χ1v) is 10.9. The largest absolute Gasteiger partial charge is 0.494 e. The highest BCUT2D eigenvalue weighted by molar-refractivity contribution is 6.04. The van der Waals surface area contributed by atoms with Crippen LogP contribution in [0.25, 0.3) is 11.3 Å². The fourth-order valence-electron chi connectivity index (χ4n) is 4.08. The molecule has 1 aliphatic rings. The van der Waals surface area contributed by atoms with E-state index in [1.54, 1.807) is 37.0 Å². The number of aliphatic hydroxyl groups excluding tert-OH is 1. The van der Waals surface area contributed by atoms with Crippen LogP contribution < -0.4 is 9.64 Å². The lowest BCUT2D eigenvalue weighted by molar-refractivity contribution is -0.122. The summed E-state index contributed by atoms with van der Waals surface area (Å²) in [5.74, 6) is 0.394. The third-order valence-corrected chi connectivity index (χ3v) is 5.62. The first-order valence-electron chi connectivity index (χ1n) is 10.9. The zero-order valence-corrected chi connectivity index (χ0v) is 20.0. The van der Waals surface area contributed by atoms with Crippen molar-refractivity contribution < 1.29 is 33.5 Å². The van der Waals surface area contributed by atoms with Crippen LogP contribution in [0.5, 0.6) is 5.75 Å². The molecule has 0 aliphatic carbocycles. The average molecular weight is 481 g/mol. The minimum Gasteiger partial charge on any atom is -0.494 e. The third kappa shape index (κ3) is 6.67. The number of likely N-dealkylation sites (tertiary alicyclic amines) is 1. The lowest BCUT2D eigenvalue weighted by Gasteiger charge is -2.34. The van der Waals surface area contributed by atoms with E-state index in [0.717, 1.165) is 25.9 Å². The van der Waals surface area contributed by atoms with Gasteiger partial charge in [-0.3, -0.25) is 9.59 Å². The van der Waals surface area contributed by atoms with Gasteiger partial charge in [0.05, 0.1) is 13.7 Å². The first-order chi connectivity index (χ1) is 16.3. The lowest BCUT2D eigenvalue weighted by atomic mass is 9.97. The van der Waals surface area contributed by atoms with E-state index in [9.17, 15) is 14.3 Å². The van der Waals surface area contributed by atoms with Gasteiger partial charge in [0.15, 0.2) is 23.1 Å². The predicted octanol–water partition coefficient (Wildman–Crippen LogP) is 2.03. The Labute approximate surface area is 198 Å². The van der Waals surface area contributed by atoms with Crippen molar-refractivity contribution in [1.29, 1.82) is 0 Å². The average Bonchev–Trinajstić information content (AvgIpc) is 3.25. The topological polar surface area (TPSA) is 120 Å². The molecule has 10 nitrogen and oxygen atoms in total. The minimum atomic E-state index is -0.492. The summed E-state index contributed by atoms with van der Waals surface area (Å²) >= 11 is 0. The van der Waals surface area contributed by atoms with Crippen LogP contribution in [0.15, 0.2) is 22.7 Å². The molecule has 1 saturated heterocycles. The molecule has 2 N–H and O–H groups in total. The van der Waals surface area contributed by atoms with Gasteiger partial charge in [-0.15, -0.1) is 0 Å². The number of piperidine rings is 1. The van der Waals surface area contributed by atoms with E-state index >= 15 is 0 Å². The molecule has 1 amide bonds. The summed E-state index contributed by atoms with van der Waals surface area (Å²) in [5, 5.41) is 20.2. The van der Waals surface area contributed by atoms with Crippen LogP contribution in [0.4, 0.5) is 10.2 Å². The molecule has 1 unspecified atom stereocenters. The van der Waals surface area contributed by atoms with Gasteiger partial charge in [0.2, 0.25) is 0 Å². The van der Waals surface area contributed by atoms with Crippen LogP contribution >= 0.6 is 0 Å². The van der Waals surface area contributed by atoms with Gasteiger partial charge in [0.1, 0.15) is 5.56 Å². The summed E-state index contributed by atoms with van der Waals surface area (Å²) in [6.45, 7) is 2.96. The number of anilines is 1. The van der Waals surface area contributed by atoms with Crippen LogP contribution in [-0.2, 0) is 4.79 Å². The number of nitrogens with zero attached hydrogens (tertiary/aromatic N) is 4. The number of carbonyl (C=O) groups excluding carboxylic acids is 1. The predicted molar refractivity (Wildman–Crippen MR) is 125 cm³/mol. The number of hydrogen-bond donors (Lipinski definition) is 2. The van der Waals surface area contributed by atoms with Crippen LogP contribution in [0, 0.1) is 11.7 Å². The van der Waals surface area contributed by atoms with Gasteiger partial charge >= 0.3 is 0 Å². The van der Waals surface area contributed by atoms with Crippen LogP contribution in [0.2, 0.25) is 0 Å².